The van der Waals surface area contributed by atoms with Crippen LogP contribution in [0.15, 0.2) is 23.3 Å². The maximum absolute atomic E-state index is 12.7. The van der Waals surface area contributed by atoms with Crippen LogP contribution in [0.5, 0.6) is 17.2 Å². The number of aromatic nitrogens is 2. The fourth-order valence-corrected chi connectivity index (χ4v) is 6.52. The molecule has 32 heavy (non-hydrogen) atoms. The normalized spacial score (nSPS) is 28.2. The van der Waals surface area contributed by atoms with Crippen LogP contribution in [0.2, 0.25) is 0 Å². The highest BCUT2D eigenvalue weighted by atomic mass is 16.5. The Bertz CT molecular complexity index is 1010. The Balaban J connectivity index is 1.29. The van der Waals surface area contributed by atoms with Crippen molar-refractivity contribution in [1.29, 1.82) is 0 Å². The molecule has 2 aromatic rings. The maximum atomic E-state index is 12.7. The highest BCUT2D eigenvalue weighted by Crippen LogP contribution is 2.60. The van der Waals surface area contributed by atoms with Crippen LogP contribution in [-0.2, 0) is 5.41 Å². The van der Waals surface area contributed by atoms with E-state index in [4.69, 9.17) is 14.2 Å². The average Bonchev–Trinajstić information content (AvgIpc) is 3.29. The minimum Gasteiger partial charge on any atom is -0.496 e. The summed E-state index contributed by atoms with van der Waals surface area (Å²) in [5.41, 5.74) is 4.89. The van der Waals surface area contributed by atoms with Crippen molar-refractivity contribution < 1.29 is 19.0 Å². The smallest absolute Gasteiger partial charge is 0.291 e. The molecular formula is C24H30N4O4. The first kappa shape index (κ1) is 20.8. The average molecular weight is 439 g/mol. The summed E-state index contributed by atoms with van der Waals surface area (Å²) in [6.07, 6.45) is 9.34. The molecule has 6 rings (SSSR count). The van der Waals surface area contributed by atoms with Crippen molar-refractivity contribution in [1.82, 2.24) is 15.6 Å². The fourth-order valence-electron chi connectivity index (χ4n) is 6.52. The molecule has 8 heteroatoms. The molecule has 4 aliphatic carbocycles. The summed E-state index contributed by atoms with van der Waals surface area (Å²) < 4.78 is 16.0. The number of carbonyl (C=O) groups excluding carboxylic acids is 1. The first-order valence-electron chi connectivity index (χ1n) is 11.2. The number of methoxy groups -OCH3 is 3. The second kappa shape index (κ2) is 8.15. The Hall–Kier alpha value is -3.03. The molecule has 1 aromatic heterocycles. The van der Waals surface area contributed by atoms with Crippen LogP contribution >= 0.6 is 0 Å². The molecule has 170 valence electrons. The number of H-pyrrole nitrogens is 1. The van der Waals surface area contributed by atoms with Crippen molar-refractivity contribution in [3.8, 4) is 17.2 Å². The van der Waals surface area contributed by atoms with Crippen molar-refractivity contribution >= 4 is 12.1 Å². The van der Waals surface area contributed by atoms with Gasteiger partial charge in [-0.15, -0.1) is 0 Å². The van der Waals surface area contributed by atoms with Gasteiger partial charge in [-0.1, -0.05) is 0 Å². The number of carbonyl (C=O) groups is 1. The lowest BCUT2D eigenvalue weighted by atomic mass is 9.49. The first-order chi connectivity index (χ1) is 15.5. The molecule has 4 aliphatic rings. The summed E-state index contributed by atoms with van der Waals surface area (Å²) in [4.78, 5) is 12.7. The van der Waals surface area contributed by atoms with Gasteiger partial charge < -0.3 is 14.2 Å². The molecule has 8 nitrogen and oxygen atoms in total. The maximum Gasteiger partial charge on any atom is 0.291 e. The number of hydrazone groups is 1. The third-order valence-electron chi connectivity index (χ3n) is 7.53. The third-order valence-corrected chi connectivity index (χ3v) is 7.53. The summed E-state index contributed by atoms with van der Waals surface area (Å²) in [6.45, 7) is 0. The number of rotatable bonds is 7. The van der Waals surface area contributed by atoms with E-state index in [1.54, 1.807) is 33.5 Å². The SMILES string of the molecule is COc1cc(OC)c(OC)cc1C=NNC(=O)c1cc(C23CC4CC(CC(C4)C2)C3)[nH]n1. The highest BCUT2D eigenvalue weighted by molar-refractivity contribution is 5.93. The highest BCUT2D eigenvalue weighted by Gasteiger charge is 2.52. The van der Waals surface area contributed by atoms with Crippen molar-refractivity contribution in [3.05, 3.63) is 35.2 Å². The molecule has 1 heterocycles. The lowest BCUT2D eigenvalue weighted by molar-refractivity contribution is -0.00721. The fraction of sp³-hybridized carbons (Fsp3) is 0.542. The quantitative estimate of drug-likeness (QED) is 0.508. The van der Waals surface area contributed by atoms with E-state index in [2.05, 4.69) is 20.7 Å². The predicted molar refractivity (Wildman–Crippen MR) is 120 cm³/mol. The molecule has 0 saturated heterocycles. The number of aromatic amines is 1. The van der Waals surface area contributed by atoms with E-state index in [0.29, 0.717) is 28.5 Å². The lowest BCUT2D eigenvalue weighted by Gasteiger charge is -2.56. The van der Waals surface area contributed by atoms with Gasteiger partial charge >= 0.3 is 0 Å². The van der Waals surface area contributed by atoms with Gasteiger partial charge in [0.05, 0.1) is 27.5 Å². The first-order valence-corrected chi connectivity index (χ1v) is 11.2. The van der Waals surface area contributed by atoms with Crippen molar-refractivity contribution in [2.75, 3.05) is 21.3 Å². The largest absolute Gasteiger partial charge is 0.496 e. The number of hydrogen-bond acceptors (Lipinski definition) is 6. The van der Waals surface area contributed by atoms with Gasteiger partial charge in [0, 0.05) is 22.7 Å². The second-order valence-electron chi connectivity index (χ2n) is 9.51. The number of ether oxygens (including phenoxy) is 3. The number of benzene rings is 1. The van der Waals surface area contributed by atoms with Gasteiger partial charge in [0.1, 0.15) is 5.75 Å². The molecule has 0 radical (unpaired) electrons. The topological polar surface area (TPSA) is 97.8 Å². The van der Waals surface area contributed by atoms with E-state index >= 15 is 0 Å². The standard InChI is InChI=1S/C24H30N4O4/c1-30-19-9-21(32-3)20(31-2)7-17(19)13-25-28-23(29)18-8-22(27-26-18)24-10-14-4-15(11-24)6-16(5-14)12-24/h7-9,13-16H,4-6,10-12H2,1-3H3,(H,26,27)(H,28,29). The molecule has 2 N–H and O–H groups in total. The number of nitrogens with zero attached hydrogens (tertiary/aromatic N) is 2. The minimum atomic E-state index is -0.340. The number of nitrogens with one attached hydrogen (secondary N) is 2. The minimum absolute atomic E-state index is 0.177. The summed E-state index contributed by atoms with van der Waals surface area (Å²) in [5.74, 6) is 3.83. The van der Waals surface area contributed by atoms with Crippen LogP contribution in [-0.4, -0.2) is 43.6 Å². The molecule has 0 unspecified atom stereocenters. The van der Waals surface area contributed by atoms with Gasteiger partial charge in [-0.25, -0.2) is 5.43 Å². The van der Waals surface area contributed by atoms with Crippen molar-refractivity contribution in [3.63, 3.8) is 0 Å². The van der Waals surface area contributed by atoms with Crippen LogP contribution in [0.4, 0.5) is 0 Å². The Morgan fingerprint density at radius 1 is 1.00 bits per heavy atom. The van der Waals surface area contributed by atoms with Gasteiger partial charge in [-0.2, -0.15) is 10.2 Å². The van der Waals surface area contributed by atoms with Crippen molar-refractivity contribution in [2.24, 2.45) is 22.9 Å². The predicted octanol–water partition coefficient (Wildman–Crippen LogP) is 3.67. The van der Waals surface area contributed by atoms with Gasteiger partial charge in [0.15, 0.2) is 17.2 Å². The molecule has 4 saturated carbocycles. The van der Waals surface area contributed by atoms with E-state index in [1.807, 2.05) is 6.07 Å². The van der Waals surface area contributed by atoms with Crippen molar-refractivity contribution in [2.45, 2.75) is 43.9 Å². The van der Waals surface area contributed by atoms with Crippen LogP contribution < -0.4 is 19.6 Å². The van der Waals surface area contributed by atoms with Crippen LogP contribution in [0, 0.1) is 17.8 Å². The number of hydrogen-bond donors (Lipinski definition) is 2. The zero-order valence-corrected chi connectivity index (χ0v) is 18.8. The molecule has 0 spiro atoms. The summed E-state index contributed by atoms with van der Waals surface area (Å²) >= 11 is 0. The van der Waals surface area contributed by atoms with Crippen LogP contribution in [0.25, 0.3) is 0 Å². The zero-order valence-electron chi connectivity index (χ0n) is 18.8. The summed E-state index contributed by atoms with van der Waals surface area (Å²) in [5, 5.41) is 11.6. The third kappa shape index (κ3) is 3.61. The molecular weight excluding hydrogens is 408 g/mol. The molecule has 0 aliphatic heterocycles. The zero-order chi connectivity index (χ0) is 22.3. The van der Waals surface area contributed by atoms with E-state index in [9.17, 15) is 4.79 Å². The van der Waals surface area contributed by atoms with Gasteiger partial charge in [0.2, 0.25) is 0 Å². The molecule has 1 amide bonds. The van der Waals surface area contributed by atoms with Gasteiger partial charge in [-0.3, -0.25) is 9.89 Å². The lowest BCUT2D eigenvalue weighted by Crippen LogP contribution is -2.48. The van der Waals surface area contributed by atoms with E-state index < -0.39 is 0 Å². The molecule has 1 aromatic carbocycles. The van der Waals surface area contributed by atoms with Crippen LogP contribution in [0.1, 0.15) is 60.3 Å². The Morgan fingerprint density at radius 2 is 1.59 bits per heavy atom. The second-order valence-corrected chi connectivity index (χ2v) is 9.51. The van der Waals surface area contributed by atoms with Gasteiger partial charge in [0.25, 0.3) is 5.91 Å². The molecule has 4 fully saturated rings. The van der Waals surface area contributed by atoms with E-state index in [-0.39, 0.29) is 11.3 Å². The number of amides is 1. The summed E-state index contributed by atoms with van der Waals surface area (Å²) in [7, 11) is 4.69. The monoisotopic (exact) mass is 438 g/mol. The Morgan fingerprint density at radius 3 is 2.19 bits per heavy atom. The van der Waals surface area contributed by atoms with Crippen LogP contribution in [0.3, 0.4) is 0 Å². The Labute approximate surface area is 187 Å². The molecule has 0 atom stereocenters. The Kier molecular flexibility index (Phi) is 5.31. The molecule has 4 bridgehead atoms. The van der Waals surface area contributed by atoms with E-state index in [0.717, 1.165) is 23.4 Å². The summed E-state index contributed by atoms with van der Waals surface area (Å²) in [6, 6.07) is 5.38. The van der Waals surface area contributed by atoms with E-state index in [1.165, 1.54) is 44.7 Å². The van der Waals surface area contributed by atoms with Gasteiger partial charge in [-0.05, 0) is 68.4 Å².